The van der Waals surface area contributed by atoms with E-state index >= 15 is 0 Å². The van der Waals surface area contributed by atoms with Crippen molar-refractivity contribution in [2.45, 2.75) is 11.8 Å². The predicted octanol–water partition coefficient (Wildman–Crippen LogP) is 3.95. The molecule has 0 fully saturated rings. The van der Waals surface area contributed by atoms with Gasteiger partial charge in [-0.1, -0.05) is 54.2 Å². The Morgan fingerprint density at radius 2 is 1.90 bits per heavy atom. The third kappa shape index (κ3) is 4.82. The molecule has 0 spiro atoms. The number of fused-ring (bicyclic) bond motifs is 1. The molecular weight excluding hydrogens is 408 g/mol. The van der Waals surface area contributed by atoms with E-state index in [4.69, 9.17) is 4.42 Å². The van der Waals surface area contributed by atoms with Gasteiger partial charge in [0, 0.05) is 11.1 Å². The Kier molecular flexibility index (Phi) is 5.87. The van der Waals surface area contributed by atoms with Crippen molar-refractivity contribution in [2.24, 2.45) is 0 Å². The van der Waals surface area contributed by atoms with E-state index in [0.717, 1.165) is 28.2 Å². The molecule has 0 aliphatic rings. The minimum atomic E-state index is -0.193. The van der Waals surface area contributed by atoms with Gasteiger partial charge in [-0.2, -0.15) is 0 Å². The molecule has 0 aliphatic carbocycles. The van der Waals surface area contributed by atoms with Crippen molar-refractivity contribution in [3.05, 3.63) is 70.7 Å². The number of nitrogens with one attached hydrogen (secondary N) is 2. The topological polar surface area (TPSA) is 97.1 Å². The van der Waals surface area contributed by atoms with E-state index in [1.54, 1.807) is 6.07 Å². The van der Waals surface area contributed by atoms with Crippen LogP contribution in [0.25, 0.3) is 10.8 Å². The zero-order valence-corrected chi connectivity index (χ0v) is 16.8. The van der Waals surface area contributed by atoms with E-state index in [1.165, 1.54) is 11.3 Å². The SMILES string of the molecule is O=C(CSc1nnc(CNC(=O)c2cccs2)o1)Nc1cccc2ccccc12. The minimum Gasteiger partial charge on any atom is -0.414 e. The lowest BCUT2D eigenvalue weighted by molar-refractivity contribution is -0.113. The number of rotatable bonds is 7. The monoisotopic (exact) mass is 424 g/mol. The maximum absolute atomic E-state index is 12.3. The van der Waals surface area contributed by atoms with Gasteiger partial charge in [-0.3, -0.25) is 9.59 Å². The van der Waals surface area contributed by atoms with Crippen LogP contribution < -0.4 is 10.6 Å². The molecule has 0 saturated carbocycles. The van der Waals surface area contributed by atoms with Crippen molar-refractivity contribution in [1.82, 2.24) is 15.5 Å². The highest BCUT2D eigenvalue weighted by Crippen LogP contribution is 2.23. The van der Waals surface area contributed by atoms with E-state index in [2.05, 4.69) is 20.8 Å². The molecule has 0 atom stereocenters. The molecule has 2 heterocycles. The summed E-state index contributed by atoms with van der Waals surface area (Å²) in [6, 6.07) is 17.2. The minimum absolute atomic E-state index is 0.131. The zero-order valence-electron chi connectivity index (χ0n) is 15.1. The number of hydrogen-bond donors (Lipinski definition) is 2. The van der Waals surface area contributed by atoms with Crippen molar-refractivity contribution in [2.75, 3.05) is 11.1 Å². The van der Waals surface area contributed by atoms with Crippen LogP contribution in [0.1, 0.15) is 15.6 Å². The number of amides is 2. The van der Waals surface area contributed by atoms with E-state index in [9.17, 15) is 9.59 Å². The van der Waals surface area contributed by atoms with Gasteiger partial charge in [-0.15, -0.1) is 21.5 Å². The summed E-state index contributed by atoms with van der Waals surface area (Å²) in [6.07, 6.45) is 0. The summed E-state index contributed by atoms with van der Waals surface area (Å²) >= 11 is 2.50. The quantitative estimate of drug-likeness (QED) is 0.436. The fraction of sp³-hybridized carbons (Fsp3) is 0.100. The standard InChI is InChI=1S/C20H16N4O3S2/c25-17(22-15-8-3-6-13-5-1-2-7-14(13)15)12-29-20-24-23-18(27-20)11-21-19(26)16-9-4-10-28-16/h1-10H,11-12H2,(H,21,26)(H,22,25). The van der Waals surface area contributed by atoms with Crippen LogP contribution in [0.15, 0.2) is 69.6 Å². The van der Waals surface area contributed by atoms with Gasteiger partial charge in [0.2, 0.25) is 11.8 Å². The molecule has 0 bridgehead atoms. The maximum Gasteiger partial charge on any atom is 0.277 e. The Morgan fingerprint density at radius 1 is 1.03 bits per heavy atom. The van der Waals surface area contributed by atoms with Crippen LogP contribution in [0.2, 0.25) is 0 Å². The number of hydrogen-bond acceptors (Lipinski definition) is 7. The molecule has 4 aromatic rings. The van der Waals surface area contributed by atoms with Crippen LogP contribution in [-0.2, 0) is 11.3 Å². The van der Waals surface area contributed by atoms with Crippen molar-refractivity contribution in [3.63, 3.8) is 0 Å². The Labute approximate surface area is 174 Å². The third-order valence-corrected chi connectivity index (χ3v) is 5.67. The first-order valence-electron chi connectivity index (χ1n) is 8.73. The second-order valence-electron chi connectivity index (χ2n) is 5.99. The third-order valence-electron chi connectivity index (χ3n) is 3.98. The van der Waals surface area contributed by atoms with Gasteiger partial charge in [0.05, 0.1) is 17.2 Å². The van der Waals surface area contributed by atoms with Gasteiger partial charge >= 0.3 is 0 Å². The van der Waals surface area contributed by atoms with Gasteiger partial charge in [-0.25, -0.2) is 0 Å². The summed E-state index contributed by atoms with van der Waals surface area (Å²) in [7, 11) is 0. The smallest absolute Gasteiger partial charge is 0.277 e. The molecule has 0 radical (unpaired) electrons. The van der Waals surface area contributed by atoms with Crippen LogP contribution in [0.3, 0.4) is 0 Å². The summed E-state index contributed by atoms with van der Waals surface area (Å²) in [5.74, 6) is 0.0534. The van der Waals surface area contributed by atoms with E-state index in [-0.39, 0.29) is 35.2 Å². The molecule has 2 N–H and O–H groups in total. The van der Waals surface area contributed by atoms with Crippen molar-refractivity contribution >= 4 is 51.4 Å². The van der Waals surface area contributed by atoms with Crippen LogP contribution in [0.5, 0.6) is 0 Å². The number of anilines is 1. The second kappa shape index (κ2) is 8.89. The molecule has 2 aromatic carbocycles. The lowest BCUT2D eigenvalue weighted by Gasteiger charge is -2.07. The highest BCUT2D eigenvalue weighted by atomic mass is 32.2. The van der Waals surface area contributed by atoms with E-state index < -0.39 is 0 Å². The Balaban J connectivity index is 1.29. The molecule has 9 heteroatoms. The van der Waals surface area contributed by atoms with E-state index in [1.807, 2.05) is 53.9 Å². The molecule has 146 valence electrons. The summed E-state index contributed by atoms with van der Waals surface area (Å²) in [5.41, 5.74) is 0.760. The zero-order chi connectivity index (χ0) is 20.1. The second-order valence-corrected chi connectivity index (χ2v) is 7.86. The molecule has 7 nitrogen and oxygen atoms in total. The summed E-state index contributed by atoms with van der Waals surface area (Å²) in [6.45, 7) is 0.131. The number of benzene rings is 2. The van der Waals surface area contributed by atoms with Crippen molar-refractivity contribution in [1.29, 1.82) is 0 Å². The maximum atomic E-state index is 12.3. The van der Waals surface area contributed by atoms with Gasteiger partial charge in [0.25, 0.3) is 11.1 Å². The van der Waals surface area contributed by atoms with Gasteiger partial charge in [-0.05, 0) is 22.9 Å². The number of carbonyl (C=O) groups is 2. The molecule has 29 heavy (non-hydrogen) atoms. The largest absolute Gasteiger partial charge is 0.414 e. The highest BCUT2D eigenvalue weighted by molar-refractivity contribution is 7.99. The van der Waals surface area contributed by atoms with Crippen LogP contribution >= 0.6 is 23.1 Å². The average molecular weight is 425 g/mol. The van der Waals surface area contributed by atoms with Gasteiger partial charge in [0.15, 0.2) is 0 Å². The Bertz CT molecular complexity index is 1140. The summed E-state index contributed by atoms with van der Waals surface area (Å²) < 4.78 is 5.47. The molecule has 0 unspecified atom stereocenters. The first kappa shape index (κ1) is 19.2. The average Bonchev–Trinajstić information content (AvgIpc) is 3.43. The Hall–Kier alpha value is -3.17. The first-order valence-corrected chi connectivity index (χ1v) is 10.6. The lowest BCUT2D eigenvalue weighted by atomic mass is 10.1. The molecule has 0 aliphatic heterocycles. The van der Waals surface area contributed by atoms with Crippen LogP contribution in [-0.4, -0.2) is 27.8 Å². The number of aromatic nitrogens is 2. The van der Waals surface area contributed by atoms with Crippen LogP contribution in [0, 0.1) is 0 Å². The normalized spacial score (nSPS) is 10.8. The lowest BCUT2D eigenvalue weighted by Crippen LogP contribution is -2.21. The Morgan fingerprint density at radius 3 is 2.76 bits per heavy atom. The van der Waals surface area contributed by atoms with Gasteiger partial charge in [0.1, 0.15) is 0 Å². The highest BCUT2D eigenvalue weighted by Gasteiger charge is 2.12. The van der Waals surface area contributed by atoms with Crippen molar-refractivity contribution < 1.29 is 14.0 Å². The summed E-state index contributed by atoms with van der Waals surface area (Å²) in [5, 5.41) is 17.6. The number of thioether (sulfide) groups is 1. The fourth-order valence-corrected chi connectivity index (χ4v) is 3.89. The number of carbonyl (C=O) groups excluding carboxylic acids is 2. The first-order chi connectivity index (χ1) is 14.2. The molecule has 0 saturated heterocycles. The molecule has 2 aromatic heterocycles. The summed E-state index contributed by atoms with van der Waals surface area (Å²) in [4.78, 5) is 24.8. The van der Waals surface area contributed by atoms with Crippen molar-refractivity contribution in [3.8, 4) is 0 Å². The number of thiophene rings is 1. The fourth-order valence-electron chi connectivity index (χ4n) is 2.67. The van der Waals surface area contributed by atoms with Gasteiger partial charge < -0.3 is 15.1 Å². The van der Waals surface area contributed by atoms with E-state index in [0.29, 0.717) is 4.88 Å². The van der Waals surface area contributed by atoms with Crippen LogP contribution in [0.4, 0.5) is 5.69 Å². The molecular formula is C20H16N4O3S2. The predicted molar refractivity (Wildman–Crippen MR) is 113 cm³/mol. The molecule has 2 amide bonds. The molecule has 4 rings (SSSR count). The number of nitrogens with zero attached hydrogens (tertiary/aromatic N) is 2.